The zero-order valence-corrected chi connectivity index (χ0v) is 16.7. The van der Waals surface area contributed by atoms with Gasteiger partial charge in [-0.3, -0.25) is 4.79 Å². The summed E-state index contributed by atoms with van der Waals surface area (Å²) in [5.41, 5.74) is -0.256. The highest BCUT2D eigenvalue weighted by Crippen LogP contribution is 2.25. The van der Waals surface area contributed by atoms with Crippen molar-refractivity contribution in [3.05, 3.63) is 29.8 Å². The van der Waals surface area contributed by atoms with E-state index in [0.717, 1.165) is 25.7 Å². The van der Waals surface area contributed by atoms with E-state index in [1.165, 1.54) is 0 Å². The normalized spacial score (nSPS) is 22.7. The van der Waals surface area contributed by atoms with Crippen molar-refractivity contribution < 1.29 is 29.0 Å². The van der Waals surface area contributed by atoms with E-state index in [1.54, 1.807) is 36.1 Å². The average molecular weight is 404 g/mol. The second-order valence-electron chi connectivity index (χ2n) is 7.81. The molecule has 0 aliphatic carbocycles. The Morgan fingerprint density at radius 2 is 1.86 bits per heavy atom. The SMILES string of the molecule is C[C@@]1(C(=O)N[C@@H](Cc2ccc(OC(=O)N3CCCCC3)cc2)C(=O)O)CCCO1. The fraction of sp³-hybridized carbons (Fsp3) is 0.571. The Labute approximate surface area is 170 Å². The molecule has 2 heterocycles. The highest BCUT2D eigenvalue weighted by molar-refractivity contribution is 5.89. The lowest BCUT2D eigenvalue weighted by atomic mass is 10.00. The van der Waals surface area contributed by atoms with Gasteiger partial charge in [0.15, 0.2) is 0 Å². The molecule has 2 aliphatic heterocycles. The summed E-state index contributed by atoms with van der Waals surface area (Å²) in [7, 11) is 0. The maximum Gasteiger partial charge on any atom is 0.415 e. The Morgan fingerprint density at radius 1 is 1.17 bits per heavy atom. The molecule has 0 bridgehead atoms. The lowest BCUT2D eigenvalue weighted by Gasteiger charge is -2.25. The molecule has 2 N–H and O–H groups in total. The van der Waals surface area contributed by atoms with E-state index >= 15 is 0 Å². The molecular formula is C21H28N2O6. The van der Waals surface area contributed by atoms with Gasteiger partial charge in [0.05, 0.1) is 0 Å². The number of rotatable bonds is 6. The molecule has 29 heavy (non-hydrogen) atoms. The first-order chi connectivity index (χ1) is 13.9. The molecule has 0 unspecified atom stereocenters. The van der Waals surface area contributed by atoms with Crippen LogP contribution in [0.3, 0.4) is 0 Å². The summed E-state index contributed by atoms with van der Waals surface area (Å²) in [5, 5.41) is 12.1. The monoisotopic (exact) mass is 404 g/mol. The third-order valence-electron chi connectivity index (χ3n) is 5.49. The van der Waals surface area contributed by atoms with Gasteiger partial charge in [-0.2, -0.15) is 0 Å². The summed E-state index contributed by atoms with van der Waals surface area (Å²) in [6, 6.07) is 5.62. The molecule has 1 aromatic rings. The van der Waals surface area contributed by atoms with Gasteiger partial charge in [-0.05, 0) is 56.7 Å². The van der Waals surface area contributed by atoms with Gasteiger partial charge in [0.2, 0.25) is 0 Å². The van der Waals surface area contributed by atoms with Crippen LogP contribution < -0.4 is 10.1 Å². The molecule has 8 nitrogen and oxygen atoms in total. The van der Waals surface area contributed by atoms with Crippen LogP contribution in [0.5, 0.6) is 5.75 Å². The minimum Gasteiger partial charge on any atom is -0.480 e. The van der Waals surface area contributed by atoms with Gasteiger partial charge in [-0.1, -0.05) is 12.1 Å². The number of likely N-dealkylation sites (tertiary alicyclic amines) is 1. The quantitative estimate of drug-likeness (QED) is 0.754. The number of carbonyl (C=O) groups excluding carboxylic acids is 2. The number of amides is 2. The molecule has 0 saturated carbocycles. The maximum absolute atomic E-state index is 12.4. The van der Waals surface area contributed by atoms with Crippen LogP contribution in [0.25, 0.3) is 0 Å². The predicted molar refractivity (Wildman–Crippen MR) is 105 cm³/mol. The fourth-order valence-corrected chi connectivity index (χ4v) is 3.64. The van der Waals surface area contributed by atoms with Gasteiger partial charge in [0.25, 0.3) is 5.91 Å². The minimum absolute atomic E-state index is 0.123. The minimum atomic E-state index is -1.11. The van der Waals surface area contributed by atoms with Crippen LogP contribution in [0.15, 0.2) is 24.3 Å². The van der Waals surface area contributed by atoms with Crippen molar-refractivity contribution in [1.82, 2.24) is 10.2 Å². The molecule has 8 heteroatoms. The van der Waals surface area contributed by atoms with E-state index in [-0.39, 0.29) is 12.5 Å². The molecule has 1 aromatic carbocycles. The smallest absolute Gasteiger partial charge is 0.415 e. The number of carboxylic acid groups (broad SMARTS) is 1. The number of benzene rings is 1. The molecule has 3 rings (SSSR count). The first-order valence-electron chi connectivity index (χ1n) is 10.1. The Balaban J connectivity index is 1.57. The van der Waals surface area contributed by atoms with E-state index < -0.39 is 23.5 Å². The van der Waals surface area contributed by atoms with Crippen molar-refractivity contribution >= 4 is 18.0 Å². The number of hydrogen-bond acceptors (Lipinski definition) is 5. The van der Waals surface area contributed by atoms with Crippen LogP contribution >= 0.6 is 0 Å². The summed E-state index contributed by atoms with van der Waals surface area (Å²) in [5.74, 6) is -1.11. The van der Waals surface area contributed by atoms with Gasteiger partial charge < -0.3 is 24.8 Å². The Bertz CT molecular complexity index is 736. The molecule has 0 radical (unpaired) electrons. The van der Waals surface area contributed by atoms with Crippen molar-refractivity contribution in [2.24, 2.45) is 0 Å². The first-order valence-corrected chi connectivity index (χ1v) is 10.1. The third-order valence-corrected chi connectivity index (χ3v) is 5.49. The fourth-order valence-electron chi connectivity index (χ4n) is 3.64. The summed E-state index contributed by atoms with van der Waals surface area (Å²) in [6.07, 6.45) is 4.21. The van der Waals surface area contributed by atoms with Crippen LogP contribution in [0.1, 0.15) is 44.6 Å². The number of nitrogens with zero attached hydrogens (tertiary/aromatic N) is 1. The number of carboxylic acids is 1. The van der Waals surface area contributed by atoms with Crippen molar-refractivity contribution in [3.8, 4) is 5.75 Å². The third kappa shape index (κ3) is 5.47. The van der Waals surface area contributed by atoms with Crippen LogP contribution in [-0.4, -0.2) is 59.3 Å². The highest BCUT2D eigenvalue weighted by atomic mass is 16.6. The van der Waals surface area contributed by atoms with Crippen LogP contribution in [-0.2, 0) is 20.7 Å². The Kier molecular flexibility index (Phi) is 6.74. The molecule has 0 spiro atoms. The zero-order chi connectivity index (χ0) is 20.9. The second kappa shape index (κ2) is 9.26. The zero-order valence-electron chi connectivity index (χ0n) is 16.7. The van der Waals surface area contributed by atoms with Gasteiger partial charge in [-0.15, -0.1) is 0 Å². The summed E-state index contributed by atoms with van der Waals surface area (Å²) in [4.78, 5) is 37.9. The van der Waals surface area contributed by atoms with Crippen molar-refractivity contribution in [1.29, 1.82) is 0 Å². The van der Waals surface area contributed by atoms with E-state index in [0.29, 0.717) is 37.4 Å². The molecule has 0 aromatic heterocycles. The largest absolute Gasteiger partial charge is 0.480 e. The second-order valence-corrected chi connectivity index (χ2v) is 7.81. The molecule has 2 amide bonds. The number of carbonyl (C=O) groups is 3. The Hall–Kier alpha value is -2.61. The van der Waals surface area contributed by atoms with Gasteiger partial charge in [-0.25, -0.2) is 9.59 Å². The Morgan fingerprint density at radius 3 is 2.45 bits per heavy atom. The maximum atomic E-state index is 12.4. The van der Waals surface area contributed by atoms with Gasteiger partial charge in [0.1, 0.15) is 17.4 Å². The highest BCUT2D eigenvalue weighted by Gasteiger charge is 2.39. The molecular weight excluding hydrogens is 376 g/mol. The van der Waals surface area contributed by atoms with Gasteiger partial charge in [0, 0.05) is 26.1 Å². The molecule has 2 aliphatic rings. The number of hydrogen-bond donors (Lipinski definition) is 2. The molecule has 158 valence electrons. The average Bonchev–Trinajstić information content (AvgIpc) is 3.17. The summed E-state index contributed by atoms with van der Waals surface area (Å²) in [6.45, 7) is 3.60. The lowest BCUT2D eigenvalue weighted by Crippen LogP contribution is -2.51. The van der Waals surface area contributed by atoms with Crippen LogP contribution in [0.2, 0.25) is 0 Å². The molecule has 2 fully saturated rings. The number of nitrogens with one attached hydrogen (secondary N) is 1. The van der Waals surface area contributed by atoms with Gasteiger partial charge >= 0.3 is 12.1 Å². The van der Waals surface area contributed by atoms with Crippen molar-refractivity contribution in [2.45, 2.75) is 57.1 Å². The first kappa shape index (κ1) is 21.1. The van der Waals surface area contributed by atoms with Crippen LogP contribution in [0.4, 0.5) is 4.79 Å². The number of piperidine rings is 1. The number of ether oxygens (including phenoxy) is 2. The van der Waals surface area contributed by atoms with E-state index in [9.17, 15) is 19.5 Å². The summed E-state index contributed by atoms with van der Waals surface area (Å²) >= 11 is 0. The molecule has 2 atom stereocenters. The van der Waals surface area contributed by atoms with Crippen LogP contribution in [0, 0.1) is 0 Å². The van der Waals surface area contributed by atoms with E-state index in [4.69, 9.17) is 9.47 Å². The van der Waals surface area contributed by atoms with E-state index in [1.807, 2.05) is 0 Å². The number of aliphatic carboxylic acids is 1. The van der Waals surface area contributed by atoms with Crippen molar-refractivity contribution in [2.75, 3.05) is 19.7 Å². The summed E-state index contributed by atoms with van der Waals surface area (Å²) < 4.78 is 10.9. The standard InChI is InChI=1S/C21H28N2O6/c1-21(10-5-13-28-21)19(26)22-17(18(24)25)14-15-6-8-16(9-7-15)29-20(27)23-11-3-2-4-12-23/h6-9,17H,2-5,10-14H2,1H3,(H,22,26)(H,24,25)/t17-,21-/m0/s1. The van der Waals surface area contributed by atoms with Crippen molar-refractivity contribution in [3.63, 3.8) is 0 Å². The predicted octanol–water partition coefficient (Wildman–Crippen LogP) is 2.35. The topological polar surface area (TPSA) is 105 Å². The molecule has 2 saturated heterocycles. The van der Waals surface area contributed by atoms with E-state index in [2.05, 4.69) is 5.32 Å². The lowest BCUT2D eigenvalue weighted by molar-refractivity contribution is -0.147.